The van der Waals surface area contributed by atoms with Crippen LogP contribution in [0.15, 0.2) is 23.1 Å². The molecule has 3 N–H and O–H groups in total. The number of amides is 1. The highest BCUT2D eigenvalue weighted by atomic mass is 32.2. The van der Waals surface area contributed by atoms with Crippen LogP contribution in [0.25, 0.3) is 10.2 Å². The molecule has 0 radical (unpaired) electrons. The Morgan fingerprint density at radius 3 is 2.91 bits per heavy atom. The maximum absolute atomic E-state index is 13.4. The van der Waals surface area contributed by atoms with Gasteiger partial charge in [-0.1, -0.05) is 25.2 Å². The second-order valence-electron chi connectivity index (χ2n) is 9.95. The number of fused-ring (bicyclic) bond motifs is 2. The highest BCUT2D eigenvalue weighted by Crippen LogP contribution is 2.49. The Morgan fingerprint density at radius 2 is 2.11 bits per heavy atom. The third kappa shape index (κ3) is 4.99. The molecule has 5 atom stereocenters. The minimum absolute atomic E-state index is 0.145. The number of alkyl carbamates (subject to hydrolysis) is 1. The monoisotopic (exact) mass is 524 g/mol. The van der Waals surface area contributed by atoms with E-state index in [0.717, 1.165) is 11.1 Å². The van der Waals surface area contributed by atoms with E-state index in [1.807, 2.05) is 13.8 Å². The van der Waals surface area contributed by atoms with Crippen LogP contribution in [0.5, 0.6) is 0 Å². The van der Waals surface area contributed by atoms with Gasteiger partial charge < -0.3 is 25.3 Å². The summed E-state index contributed by atoms with van der Waals surface area (Å²) in [6.45, 7) is 6.04. The van der Waals surface area contributed by atoms with Crippen LogP contribution in [0.1, 0.15) is 26.7 Å². The fraction of sp³-hybridized carbons (Fsp3) is 0.652. The minimum atomic E-state index is -3.71. The number of anilines is 1. The number of ether oxygens (including phenoxy) is 3. The van der Waals surface area contributed by atoms with Crippen LogP contribution in [-0.2, 0) is 24.2 Å². The van der Waals surface area contributed by atoms with Crippen LogP contribution in [0, 0.1) is 23.7 Å². The molecule has 3 fully saturated rings. The van der Waals surface area contributed by atoms with E-state index in [2.05, 4.69) is 10.3 Å². The molecule has 2 aromatic rings. The van der Waals surface area contributed by atoms with E-state index < -0.39 is 16.1 Å². The van der Waals surface area contributed by atoms with Gasteiger partial charge in [-0.3, -0.25) is 0 Å². The van der Waals surface area contributed by atoms with Crippen molar-refractivity contribution in [3.63, 3.8) is 0 Å². The molecule has 1 aromatic heterocycles. The van der Waals surface area contributed by atoms with E-state index in [1.54, 1.807) is 18.2 Å². The van der Waals surface area contributed by atoms with Gasteiger partial charge >= 0.3 is 6.09 Å². The Bertz CT molecular complexity index is 1190. The fourth-order valence-electron chi connectivity index (χ4n) is 5.41. The van der Waals surface area contributed by atoms with E-state index in [0.29, 0.717) is 49.3 Å². The Morgan fingerprint density at radius 1 is 1.31 bits per heavy atom. The molecule has 1 saturated carbocycles. The van der Waals surface area contributed by atoms with Crippen molar-refractivity contribution in [2.75, 3.05) is 38.6 Å². The fourth-order valence-corrected chi connectivity index (χ4v) is 7.93. The summed E-state index contributed by atoms with van der Waals surface area (Å²) in [5.41, 5.74) is 6.45. The van der Waals surface area contributed by atoms with Gasteiger partial charge in [-0.25, -0.2) is 18.2 Å². The van der Waals surface area contributed by atoms with Crippen molar-refractivity contribution in [1.82, 2.24) is 14.6 Å². The van der Waals surface area contributed by atoms with Gasteiger partial charge in [0.25, 0.3) is 0 Å². The predicted octanol–water partition coefficient (Wildman–Crippen LogP) is 2.65. The van der Waals surface area contributed by atoms with E-state index in [1.165, 1.54) is 15.6 Å². The number of nitrogens with zero attached hydrogens (tertiary/aromatic N) is 2. The molecule has 2 aliphatic heterocycles. The molecule has 3 aliphatic rings. The molecule has 192 valence electrons. The zero-order valence-electron chi connectivity index (χ0n) is 19.9. The molecule has 0 spiro atoms. The summed E-state index contributed by atoms with van der Waals surface area (Å²) in [5, 5.41) is 3.19. The summed E-state index contributed by atoms with van der Waals surface area (Å²) in [7, 11) is -3.71. The molecular weight excluding hydrogens is 492 g/mol. The van der Waals surface area contributed by atoms with Gasteiger partial charge in [0, 0.05) is 37.4 Å². The highest BCUT2D eigenvalue weighted by molar-refractivity contribution is 7.89. The molecule has 35 heavy (non-hydrogen) atoms. The Hall–Kier alpha value is -1.99. The Kier molecular flexibility index (Phi) is 6.92. The summed E-state index contributed by atoms with van der Waals surface area (Å²) >= 11 is 1.26. The number of hydrogen-bond donors (Lipinski definition) is 2. The van der Waals surface area contributed by atoms with Gasteiger partial charge in [0.2, 0.25) is 10.0 Å². The Balaban J connectivity index is 1.16. The molecule has 5 unspecified atom stereocenters. The maximum Gasteiger partial charge on any atom is 0.407 e. The molecule has 2 saturated heterocycles. The molecule has 1 aromatic carbocycles. The van der Waals surface area contributed by atoms with Crippen LogP contribution in [0.3, 0.4) is 0 Å². The standard InChI is InChI=1S/C23H32N4O6S2/c1-13(2)10-27(35(29,30)15-4-5-18-19(9-15)34-22(24)26-18)7-3-6-25-23(28)33-20-14-8-16-17(20)12-32-21(16)31-11-14/h4-5,9,13-14,16-17,20-21H,3,6-8,10-12H2,1-2H3,(H2,24,26)(H,25,28). The first-order valence-corrected chi connectivity index (χ1v) is 14.3. The van der Waals surface area contributed by atoms with Gasteiger partial charge in [-0.15, -0.1) is 0 Å². The van der Waals surface area contributed by atoms with Crippen molar-refractivity contribution < 1.29 is 27.4 Å². The number of nitrogen functional groups attached to an aromatic ring is 1. The third-order valence-electron chi connectivity index (χ3n) is 6.97. The molecule has 3 heterocycles. The van der Waals surface area contributed by atoms with Crippen LogP contribution in [0.4, 0.5) is 9.93 Å². The zero-order chi connectivity index (χ0) is 24.7. The number of aromatic nitrogens is 1. The number of rotatable bonds is 9. The van der Waals surface area contributed by atoms with Crippen molar-refractivity contribution in [3.05, 3.63) is 18.2 Å². The quantitative estimate of drug-likeness (QED) is 0.479. The van der Waals surface area contributed by atoms with Crippen LogP contribution >= 0.6 is 11.3 Å². The van der Waals surface area contributed by atoms with Gasteiger partial charge in [0.05, 0.1) is 28.3 Å². The van der Waals surface area contributed by atoms with Crippen molar-refractivity contribution in [2.45, 2.75) is 44.0 Å². The predicted molar refractivity (Wildman–Crippen MR) is 131 cm³/mol. The lowest BCUT2D eigenvalue weighted by Crippen LogP contribution is -2.39. The Labute approximate surface area is 209 Å². The topological polar surface area (TPSA) is 133 Å². The molecule has 12 heteroatoms. The summed E-state index contributed by atoms with van der Waals surface area (Å²) in [4.78, 5) is 16.9. The molecule has 1 amide bonds. The first kappa shape index (κ1) is 24.7. The van der Waals surface area contributed by atoms with Gasteiger partial charge in [-0.2, -0.15) is 4.31 Å². The lowest BCUT2D eigenvalue weighted by molar-refractivity contribution is -0.169. The SMILES string of the molecule is CC(C)CN(CCCNC(=O)OC1C2COC3OCC1C3C2)S(=O)(=O)c1ccc2nc(N)sc2c1. The third-order valence-corrected chi connectivity index (χ3v) is 9.68. The lowest BCUT2D eigenvalue weighted by Gasteiger charge is -2.27. The first-order chi connectivity index (χ1) is 16.7. The smallest absolute Gasteiger partial charge is 0.407 e. The van der Waals surface area contributed by atoms with E-state index in [-0.39, 0.29) is 41.6 Å². The molecule has 2 bridgehead atoms. The average Bonchev–Trinajstić information content (AvgIpc) is 3.46. The number of thiazole rings is 1. The van der Waals surface area contributed by atoms with Crippen molar-refractivity contribution in [3.8, 4) is 0 Å². The largest absolute Gasteiger partial charge is 0.445 e. The van der Waals surface area contributed by atoms with Gasteiger partial charge in [-0.05, 0) is 37.0 Å². The second-order valence-corrected chi connectivity index (χ2v) is 12.9. The zero-order valence-corrected chi connectivity index (χ0v) is 21.5. The first-order valence-electron chi connectivity index (χ1n) is 12.1. The number of nitrogens with one attached hydrogen (secondary N) is 1. The summed E-state index contributed by atoms with van der Waals surface area (Å²) in [5.74, 6) is 0.860. The molecule has 5 rings (SSSR count). The molecular formula is C23H32N4O6S2. The highest BCUT2D eigenvalue weighted by Gasteiger charge is 2.56. The maximum atomic E-state index is 13.4. The molecule has 1 aliphatic carbocycles. The van der Waals surface area contributed by atoms with E-state index in [4.69, 9.17) is 19.9 Å². The van der Waals surface area contributed by atoms with Crippen LogP contribution in [0.2, 0.25) is 0 Å². The number of sulfonamides is 1. The minimum Gasteiger partial charge on any atom is -0.445 e. The molecule has 10 nitrogen and oxygen atoms in total. The van der Waals surface area contributed by atoms with Crippen molar-refractivity contribution in [1.29, 1.82) is 0 Å². The number of nitrogens with two attached hydrogens (primary N) is 1. The summed E-state index contributed by atoms with van der Waals surface area (Å²) in [6, 6.07) is 4.87. The number of benzene rings is 1. The summed E-state index contributed by atoms with van der Waals surface area (Å²) in [6.07, 6.45) is 0.606. The van der Waals surface area contributed by atoms with E-state index >= 15 is 0 Å². The van der Waals surface area contributed by atoms with E-state index in [9.17, 15) is 13.2 Å². The number of hydrogen-bond acceptors (Lipinski definition) is 9. The van der Waals surface area contributed by atoms with Crippen molar-refractivity contribution >= 4 is 42.8 Å². The summed E-state index contributed by atoms with van der Waals surface area (Å²) < 4.78 is 46.1. The number of carbonyl (C=O) groups excluding carboxylic acids is 1. The van der Waals surface area contributed by atoms with Crippen molar-refractivity contribution in [2.24, 2.45) is 23.7 Å². The normalized spacial score (nSPS) is 27.7. The van der Waals surface area contributed by atoms with Crippen LogP contribution < -0.4 is 11.1 Å². The van der Waals surface area contributed by atoms with Crippen LogP contribution in [-0.4, -0.2) is 69.0 Å². The van der Waals surface area contributed by atoms with Gasteiger partial charge in [0.15, 0.2) is 11.4 Å². The number of carbonyl (C=O) groups is 1. The lowest BCUT2D eigenvalue weighted by atomic mass is 9.98. The second kappa shape index (κ2) is 9.81. The average molecular weight is 525 g/mol. The van der Waals surface area contributed by atoms with Gasteiger partial charge in [0.1, 0.15) is 6.10 Å².